The van der Waals surface area contributed by atoms with E-state index < -0.39 is 0 Å². The summed E-state index contributed by atoms with van der Waals surface area (Å²) in [5, 5.41) is 0. The van der Waals surface area contributed by atoms with Gasteiger partial charge < -0.3 is 10.6 Å². The Bertz CT molecular complexity index is 509. The van der Waals surface area contributed by atoms with Gasteiger partial charge in [-0.3, -0.25) is 14.5 Å². The van der Waals surface area contributed by atoms with Crippen molar-refractivity contribution in [2.45, 2.75) is 40.5 Å². The molecule has 1 aliphatic heterocycles. The highest BCUT2D eigenvalue weighted by atomic mass is 16.2. The molecule has 1 heterocycles. The molecule has 1 aliphatic rings. The Morgan fingerprint density at radius 1 is 1.08 bits per heavy atom. The van der Waals surface area contributed by atoms with E-state index in [1.165, 1.54) is 26.4 Å². The van der Waals surface area contributed by atoms with Gasteiger partial charge in [0.05, 0.1) is 0 Å². The van der Waals surface area contributed by atoms with Crippen LogP contribution in [0, 0.1) is 6.92 Å². The van der Waals surface area contributed by atoms with Crippen LogP contribution in [-0.2, 0) is 4.79 Å². The minimum absolute atomic E-state index is 0.128. The SMILES string of the molecule is CC(=O)c1cccc(C)c1.CCCCN1CCN(C(C)=O)CC1.CN. The molecule has 0 aliphatic carbocycles. The molecule has 142 valence electrons. The molecule has 0 radical (unpaired) electrons. The summed E-state index contributed by atoms with van der Waals surface area (Å²) in [6.45, 7) is 12.6. The highest BCUT2D eigenvalue weighted by Gasteiger charge is 2.17. The number of Topliss-reactive ketones (excluding diaryl/α,β-unsaturated/α-hetero) is 1. The predicted molar refractivity (Wildman–Crippen MR) is 105 cm³/mol. The molecule has 0 bridgehead atoms. The van der Waals surface area contributed by atoms with E-state index in [9.17, 15) is 9.59 Å². The third kappa shape index (κ3) is 9.99. The fourth-order valence-corrected chi connectivity index (χ4v) is 2.53. The van der Waals surface area contributed by atoms with Crippen molar-refractivity contribution in [3.05, 3.63) is 35.4 Å². The number of carbonyl (C=O) groups excluding carboxylic acids is 2. The van der Waals surface area contributed by atoms with Gasteiger partial charge in [0.1, 0.15) is 0 Å². The van der Waals surface area contributed by atoms with E-state index in [0.29, 0.717) is 0 Å². The van der Waals surface area contributed by atoms with Gasteiger partial charge >= 0.3 is 0 Å². The van der Waals surface area contributed by atoms with Gasteiger partial charge in [-0.25, -0.2) is 0 Å². The molecule has 1 fully saturated rings. The number of piperazine rings is 1. The second-order valence-corrected chi connectivity index (χ2v) is 6.13. The first-order valence-corrected chi connectivity index (χ1v) is 9.07. The Balaban J connectivity index is 0.000000430. The van der Waals surface area contributed by atoms with E-state index in [1.54, 1.807) is 13.8 Å². The molecular weight excluding hydrogens is 314 g/mol. The van der Waals surface area contributed by atoms with Crippen LogP contribution >= 0.6 is 0 Å². The number of nitrogens with zero attached hydrogens (tertiary/aromatic N) is 2. The standard InChI is InChI=1S/C10H20N2O.C9H10O.CH5N/c1-3-4-5-11-6-8-12(9-7-11)10(2)13;1-7-4-3-5-9(6-7)8(2)10;1-2/h3-9H2,1-2H3;3-6H,1-2H3;2H2,1H3. The molecule has 2 N–H and O–H groups in total. The van der Waals surface area contributed by atoms with Crippen LogP contribution in [-0.4, -0.2) is 61.3 Å². The molecule has 0 unspecified atom stereocenters. The normalized spacial score (nSPS) is 13.9. The number of rotatable bonds is 4. The zero-order chi connectivity index (χ0) is 19.2. The van der Waals surface area contributed by atoms with Crippen LogP contribution in [0.25, 0.3) is 0 Å². The van der Waals surface area contributed by atoms with Gasteiger partial charge in [-0.05, 0) is 39.9 Å². The van der Waals surface area contributed by atoms with E-state index in [-0.39, 0.29) is 11.7 Å². The van der Waals surface area contributed by atoms with Gasteiger partial charge in [-0.15, -0.1) is 0 Å². The lowest BCUT2D eigenvalue weighted by Gasteiger charge is -2.34. The lowest BCUT2D eigenvalue weighted by atomic mass is 10.1. The second kappa shape index (κ2) is 13.6. The number of carbonyl (C=O) groups is 2. The van der Waals surface area contributed by atoms with Crippen molar-refractivity contribution < 1.29 is 9.59 Å². The Kier molecular flexibility index (Phi) is 12.6. The molecule has 1 aromatic carbocycles. The summed E-state index contributed by atoms with van der Waals surface area (Å²) in [5.74, 6) is 0.346. The van der Waals surface area contributed by atoms with Crippen molar-refractivity contribution in [1.82, 2.24) is 9.80 Å². The average Bonchev–Trinajstić information content (AvgIpc) is 2.62. The topological polar surface area (TPSA) is 66.6 Å². The maximum atomic E-state index is 11.0. The molecule has 0 spiro atoms. The summed E-state index contributed by atoms with van der Waals surface area (Å²) in [6.07, 6.45) is 2.53. The van der Waals surface area contributed by atoms with Gasteiger partial charge in [0.15, 0.2) is 5.78 Å². The van der Waals surface area contributed by atoms with Crippen LogP contribution in [0.1, 0.15) is 49.5 Å². The summed E-state index contributed by atoms with van der Waals surface area (Å²) in [6, 6.07) is 7.59. The largest absolute Gasteiger partial charge is 0.340 e. The lowest BCUT2D eigenvalue weighted by molar-refractivity contribution is -0.130. The summed E-state index contributed by atoms with van der Waals surface area (Å²) >= 11 is 0. The average molecular weight is 350 g/mol. The fraction of sp³-hybridized carbons (Fsp3) is 0.600. The number of ketones is 1. The fourth-order valence-electron chi connectivity index (χ4n) is 2.53. The van der Waals surface area contributed by atoms with Crippen molar-refractivity contribution in [1.29, 1.82) is 0 Å². The lowest BCUT2D eigenvalue weighted by Crippen LogP contribution is -2.48. The zero-order valence-electron chi connectivity index (χ0n) is 16.5. The van der Waals surface area contributed by atoms with Crippen LogP contribution in [0.3, 0.4) is 0 Å². The minimum atomic E-state index is 0.128. The third-order valence-electron chi connectivity index (χ3n) is 4.07. The Hall–Kier alpha value is -1.72. The van der Waals surface area contributed by atoms with E-state index in [1.807, 2.05) is 36.1 Å². The first-order chi connectivity index (χ1) is 11.9. The maximum absolute atomic E-state index is 11.0. The van der Waals surface area contributed by atoms with Crippen molar-refractivity contribution >= 4 is 11.7 Å². The summed E-state index contributed by atoms with van der Waals surface area (Å²) < 4.78 is 0. The minimum Gasteiger partial charge on any atom is -0.340 e. The number of unbranched alkanes of at least 4 members (excludes halogenated alkanes) is 1. The van der Waals surface area contributed by atoms with Crippen LogP contribution in [0.4, 0.5) is 0 Å². The smallest absolute Gasteiger partial charge is 0.219 e. The van der Waals surface area contributed by atoms with Crippen LogP contribution in [0.2, 0.25) is 0 Å². The van der Waals surface area contributed by atoms with E-state index in [2.05, 4.69) is 17.6 Å². The Morgan fingerprint density at radius 3 is 2.08 bits per heavy atom. The van der Waals surface area contributed by atoms with Crippen LogP contribution in [0.5, 0.6) is 0 Å². The molecular formula is C20H35N3O2. The van der Waals surface area contributed by atoms with Gasteiger partial charge in [0, 0.05) is 38.7 Å². The Morgan fingerprint density at radius 2 is 1.68 bits per heavy atom. The molecule has 5 nitrogen and oxygen atoms in total. The highest BCUT2D eigenvalue weighted by molar-refractivity contribution is 5.94. The summed E-state index contributed by atoms with van der Waals surface area (Å²) in [7, 11) is 1.50. The van der Waals surface area contributed by atoms with E-state index >= 15 is 0 Å². The van der Waals surface area contributed by atoms with Crippen molar-refractivity contribution in [3.8, 4) is 0 Å². The quantitative estimate of drug-likeness (QED) is 0.849. The van der Waals surface area contributed by atoms with Gasteiger partial charge in [0.25, 0.3) is 0 Å². The van der Waals surface area contributed by atoms with E-state index in [4.69, 9.17) is 0 Å². The molecule has 1 amide bonds. The van der Waals surface area contributed by atoms with Crippen LogP contribution < -0.4 is 5.73 Å². The number of aryl methyl sites for hydroxylation is 1. The molecule has 0 aromatic heterocycles. The number of hydrogen-bond acceptors (Lipinski definition) is 4. The second-order valence-electron chi connectivity index (χ2n) is 6.13. The first-order valence-electron chi connectivity index (χ1n) is 9.07. The number of hydrogen-bond donors (Lipinski definition) is 1. The molecule has 0 saturated carbocycles. The monoisotopic (exact) mass is 349 g/mol. The number of nitrogens with two attached hydrogens (primary N) is 1. The summed E-state index contributed by atoms with van der Waals surface area (Å²) in [5.41, 5.74) is 6.42. The van der Waals surface area contributed by atoms with Crippen molar-refractivity contribution in [2.75, 3.05) is 39.8 Å². The number of benzene rings is 1. The van der Waals surface area contributed by atoms with E-state index in [0.717, 1.165) is 37.3 Å². The molecule has 1 saturated heterocycles. The van der Waals surface area contributed by atoms with Gasteiger partial charge in [-0.2, -0.15) is 0 Å². The van der Waals surface area contributed by atoms with Crippen molar-refractivity contribution in [3.63, 3.8) is 0 Å². The highest BCUT2D eigenvalue weighted by Crippen LogP contribution is 2.04. The van der Waals surface area contributed by atoms with Crippen LogP contribution in [0.15, 0.2) is 24.3 Å². The van der Waals surface area contributed by atoms with Gasteiger partial charge in [-0.1, -0.05) is 37.1 Å². The molecule has 5 heteroatoms. The number of amides is 1. The molecule has 0 atom stereocenters. The van der Waals surface area contributed by atoms with Gasteiger partial charge in [0.2, 0.25) is 5.91 Å². The molecule has 25 heavy (non-hydrogen) atoms. The predicted octanol–water partition coefficient (Wildman–Crippen LogP) is 2.72. The first kappa shape index (κ1) is 23.3. The Labute approximate surface area is 153 Å². The molecule has 2 rings (SSSR count). The summed E-state index contributed by atoms with van der Waals surface area (Å²) in [4.78, 5) is 26.2. The third-order valence-corrected chi connectivity index (χ3v) is 4.07. The maximum Gasteiger partial charge on any atom is 0.219 e. The van der Waals surface area contributed by atoms with Crippen molar-refractivity contribution in [2.24, 2.45) is 5.73 Å². The zero-order valence-corrected chi connectivity index (χ0v) is 16.5. The molecule has 1 aromatic rings.